The van der Waals surface area contributed by atoms with Crippen molar-refractivity contribution in [3.05, 3.63) is 52.9 Å². The molecule has 1 aliphatic rings. The minimum absolute atomic E-state index is 0.150. The van der Waals surface area contributed by atoms with Crippen molar-refractivity contribution in [1.29, 1.82) is 0 Å². The van der Waals surface area contributed by atoms with Crippen molar-refractivity contribution in [2.75, 3.05) is 37.5 Å². The Morgan fingerprint density at radius 3 is 2.56 bits per heavy atom. The number of nitrogens with zero attached hydrogens (tertiary/aromatic N) is 3. The standard InChI is InChI=1S/C24H28N4O4/c1-16-7-6-10-27(14-16)23-20-8-4-5-9-21(20)28(24(30)26-23)15-22(29)25-17-11-18(31-2)13-19(12-17)32-3/h4-5,8-9,11-13,16H,6-7,10,14-15H2,1-3H3,(H,25,29)/t16-/m0/s1. The lowest BCUT2D eigenvalue weighted by Crippen LogP contribution is -2.38. The summed E-state index contributed by atoms with van der Waals surface area (Å²) in [6.07, 6.45) is 2.26. The van der Waals surface area contributed by atoms with E-state index in [0.717, 1.165) is 24.9 Å². The Balaban J connectivity index is 1.64. The van der Waals surface area contributed by atoms with Crippen LogP contribution in [0.4, 0.5) is 11.5 Å². The van der Waals surface area contributed by atoms with E-state index in [1.54, 1.807) is 32.4 Å². The smallest absolute Gasteiger partial charge is 0.350 e. The molecule has 0 bridgehead atoms. The monoisotopic (exact) mass is 436 g/mol. The van der Waals surface area contributed by atoms with Gasteiger partial charge in [-0.25, -0.2) is 4.79 Å². The molecule has 2 aromatic carbocycles. The number of methoxy groups -OCH3 is 2. The number of aromatic nitrogens is 2. The predicted molar refractivity (Wildman–Crippen MR) is 125 cm³/mol. The van der Waals surface area contributed by atoms with Gasteiger partial charge in [0.05, 0.1) is 19.7 Å². The van der Waals surface area contributed by atoms with Gasteiger partial charge in [-0.15, -0.1) is 0 Å². The maximum Gasteiger partial charge on any atom is 0.350 e. The summed E-state index contributed by atoms with van der Waals surface area (Å²) in [6.45, 7) is 3.82. The number of para-hydroxylation sites is 1. The van der Waals surface area contributed by atoms with E-state index in [9.17, 15) is 9.59 Å². The third kappa shape index (κ3) is 4.54. The Morgan fingerprint density at radius 2 is 1.88 bits per heavy atom. The molecule has 1 fully saturated rings. The molecule has 3 aromatic rings. The first-order valence-corrected chi connectivity index (χ1v) is 10.8. The third-order valence-corrected chi connectivity index (χ3v) is 5.76. The van der Waals surface area contributed by atoms with Crippen LogP contribution in [-0.4, -0.2) is 42.8 Å². The highest BCUT2D eigenvalue weighted by atomic mass is 16.5. The van der Waals surface area contributed by atoms with Crippen LogP contribution in [0.25, 0.3) is 10.9 Å². The highest BCUT2D eigenvalue weighted by molar-refractivity contribution is 5.94. The topological polar surface area (TPSA) is 85.7 Å². The number of amides is 1. The van der Waals surface area contributed by atoms with E-state index < -0.39 is 5.69 Å². The van der Waals surface area contributed by atoms with Gasteiger partial charge >= 0.3 is 5.69 Å². The van der Waals surface area contributed by atoms with Crippen molar-refractivity contribution in [1.82, 2.24) is 9.55 Å². The second-order valence-corrected chi connectivity index (χ2v) is 8.16. The Bertz CT molecular complexity index is 1170. The summed E-state index contributed by atoms with van der Waals surface area (Å²) >= 11 is 0. The van der Waals surface area contributed by atoms with Crippen LogP contribution in [0.5, 0.6) is 11.5 Å². The third-order valence-electron chi connectivity index (χ3n) is 5.76. The molecular formula is C24H28N4O4. The molecule has 1 atom stereocenters. The second-order valence-electron chi connectivity index (χ2n) is 8.16. The van der Waals surface area contributed by atoms with Crippen LogP contribution in [0.2, 0.25) is 0 Å². The summed E-state index contributed by atoms with van der Waals surface area (Å²) in [5.74, 6) is 2.03. The summed E-state index contributed by atoms with van der Waals surface area (Å²) in [7, 11) is 3.09. The van der Waals surface area contributed by atoms with E-state index in [-0.39, 0.29) is 12.5 Å². The van der Waals surface area contributed by atoms with E-state index in [1.807, 2.05) is 24.3 Å². The zero-order valence-electron chi connectivity index (χ0n) is 18.6. The number of hydrogen-bond donors (Lipinski definition) is 1. The van der Waals surface area contributed by atoms with E-state index in [0.29, 0.717) is 34.4 Å². The Labute approximate surface area is 186 Å². The normalized spacial score (nSPS) is 16.1. The van der Waals surface area contributed by atoms with Gasteiger partial charge < -0.3 is 19.7 Å². The van der Waals surface area contributed by atoms with Gasteiger partial charge in [0.25, 0.3) is 0 Å². The number of ether oxygens (including phenoxy) is 2. The quantitative estimate of drug-likeness (QED) is 0.638. The molecule has 0 unspecified atom stereocenters. The predicted octanol–water partition coefficient (Wildman–Crippen LogP) is 3.29. The molecule has 8 nitrogen and oxygen atoms in total. The minimum atomic E-state index is -0.435. The number of hydrogen-bond acceptors (Lipinski definition) is 6. The van der Waals surface area contributed by atoms with Crippen molar-refractivity contribution in [3.63, 3.8) is 0 Å². The number of rotatable bonds is 6. The molecule has 1 saturated heterocycles. The van der Waals surface area contributed by atoms with Crippen molar-refractivity contribution in [2.45, 2.75) is 26.3 Å². The number of fused-ring (bicyclic) bond motifs is 1. The molecule has 1 aromatic heterocycles. The molecule has 32 heavy (non-hydrogen) atoms. The second kappa shape index (κ2) is 9.30. The first-order chi connectivity index (χ1) is 15.5. The molecule has 2 heterocycles. The van der Waals surface area contributed by atoms with Crippen molar-refractivity contribution < 1.29 is 14.3 Å². The zero-order chi connectivity index (χ0) is 22.7. The van der Waals surface area contributed by atoms with E-state index in [2.05, 4.69) is 22.1 Å². The van der Waals surface area contributed by atoms with Gasteiger partial charge in [0, 0.05) is 42.4 Å². The summed E-state index contributed by atoms with van der Waals surface area (Å²) in [4.78, 5) is 32.4. The maximum absolute atomic E-state index is 13.0. The fourth-order valence-electron chi connectivity index (χ4n) is 4.21. The van der Waals surface area contributed by atoms with Gasteiger partial charge in [-0.05, 0) is 30.9 Å². The molecule has 0 radical (unpaired) electrons. The summed E-state index contributed by atoms with van der Waals surface area (Å²) in [5.41, 5.74) is 0.782. The van der Waals surface area contributed by atoms with Crippen molar-refractivity contribution in [3.8, 4) is 11.5 Å². The first-order valence-electron chi connectivity index (χ1n) is 10.8. The Kier molecular flexibility index (Phi) is 6.30. The van der Waals surface area contributed by atoms with Crippen LogP contribution in [0.1, 0.15) is 19.8 Å². The zero-order valence-corrected chi connectivity index (χ0v) is 18.6. The lowest BCUT2D eigenvalue weighted by molar-refractivity contribution is -0.116. The number of carbonyl (C=O) groups is 1. The highest BCUT2D eigenvalue weighted by Crippen LogP contribution is 2.28. The fraction of sp³-hybridized carbons (Fsp3) is 0.375. The SMILES string of the molecule is COc1cc(NC(=O)Cn2c(=O)nc(N3CCC[C@H](C)C3)c3ccccc32)cc(OC)c1. The van der Waals surface area contributed by atoms with E-state index in [1.165, 1.54) is 11.0 Å². The van der Waals surface area contributed by atoms with Crippen LogP contribution in [0.15, 0.2) is 47.3 Å². The number of nitrogens with one attached hydrogen (secondary N) is 1. The Hall–Kier alpha value is -3.55. The van der Waals surface area contributed by atoms with Gasteiger partial charge in [0.15, 0.2) is 0 Å². The molecule has 0 aliphatic carbocycles. The fourth-order valence-corrected chi connectivity index (χ4v) is 4.21. The van der Waals surface area contributed by atoms with E-state index in [4.69, 9.17) is 9.47 Å². The highest BCUT2D eigenvalue weighted by Gasteiger charge is 2.22. The largest absolute Gasteiger partial charge is 0.497 e. The van der Waals surface area contributed by atoms with Crippen LogP contribution in [0, 0.1) is 5.92 Å². The molecule has 0 spiro atoms. The minimum Gasteiger partial charge on any atom is -0.497 e. The molecule has 1 N–H and O–H groups in total. The number of benzene rings is 2. The number of piperidine rings is 1. The van der Waals surface area contributed by atoms with Gasteiger partial charge in [0.2, 0.25) is 5.91 Å². The maximum atomic E-state index is 13.0. The van der Waals surface area contributed by atoms with E-state index >= 15 is 0 Å². The van der Waals surface area contributed by atoms with Crippen LogP contribution >= 0.6 is 0 Å². The molecular weight excluding hydrogens is 408 g/mol. The number of anilines is 2. The molecule has 0 saturated carbocycles. The average molecular weight is 437 g/mol. The Morgan fingerprint density at radius 1 is 1.16 bits per heavy atom. The summed E-state index contributed by atoms with van der Waals surface area (Å²) in [6, 6.07) is 12.7. The van der Waals surface area contributed by atoms with Crippen molar-refractivity contribution in [2.24, 2.45) is 5.92 Å². The molecule has 4 rings (SSSR count). The van der Waals surface area contributed by atoms with Crippen LogP contribution in [-0.2, 0) is 11.3 Å². The molecule has 8 heteroatoms. The summed E-state index contributed by atoms with van der Waals surface area (Å²) in [5, 5.41) is 3.69. The van der Waals surface area contributed by atoms with Gasteiger partial charge in [-0.2, -0.15) is 4.98 Å². The van der Waals surface area contributed by atoms with Crippen molar-refractivity contribution >= 4 is 28.3 Å². The summed E-state index contributed by atoms with van der Waals surface area (Å²) < 4.78 is 11.9. The lowest BCUT2D eigenvalue weighted by Gasteiger charge is -2.32. The molecule has 168 valence electrons. The van der Waals surface area contributed by atoms with Crippen LogP contribution < -0.4 is 25.4 Å². The average Bonchev–Trinajstić information content (AvgIpc) is 2.80. The first kappa shape index (κ1) is 21.7. The van der Waals surface area contributed by atoms with Gasteiger partial charge in [-0.3, -0.25) is 9.36 Å². The van der Waals surface area contributed by atoms with Gasteiger partial charge in [-0.1, -0.05) is 19.1 Å². The number of carbonyl (C=O) groups excluding carboxylic acids is 1. The van der Waals surface area contributed by atoms with Crippen LogP contribution in [0.3, 0.4) is 0 Å². The lowest BCUT2D eigenvalue weighted by atomic mass is 10.00. The van der Waals surface area contributed by atoms with Gasteiger partial charge in [0.1, 0.15) is 23.9 Å². The molecule has 1 amide bonds. The molecule has 1 aliphatic heterocycles.